The van der Waals surface area contributed by atoms with Crippen LogP contribution in [-0.2, 0) is 22.6 Å². The molecule has 4 nitrogen and oxygen atoms in total. The average Bonchev–Trinajstić information content (AvgIpc) is 2.92. The topological polar surface area (TPSA) is 49.4 Å². The Labute approximate surface area is 143 Å². The van der Waals surface area contributed by atoms with Crippen LogP contribution in [0.3, 0.4) is 0 Å². The Kier molecular flexibility index (Phi) is 4.48. The maximum absolute atomic E-state index is 12.6. The number of benzene rings is 2. The molecule has 1 aliphatic heterocycles. The van der Waals surface area contributed by atoms with Gasteiger partial charge in [0.1, 0.15) is 6.04 Å². The molecule has 2 aromatic carbocycles. The van der Waals surface area contributed by atoms with Crippen LogP contribution in [0.2, 0.25) is 0 Å². The number of nitrogens with one attached hydrogen (secondary N) is 1. The summed E-state index contributed by atoms with van der Waals surface area (Å²) in [6.45, 7) is 1.94. The van der Waals surface area contributed by atoms with Gasteiger partial charge in [-0.25, -0.2) is 0 Å². The first-order valence-electron chi connectivity index (χ1n) is 7.46. The number of hydrogen-bond acceptors (Lipinski definition) is 2. The van der Waals surface area contributed by atoms with Gasteiger partial charge in [-0.05, 0) is 29.3 Å². The van der Waals surface area contributed by atoms with Gasteiger partial charge in [-0.15, -0.1) is 0 Å². The molecule has 0 saturated heterocycles. The molecule has 1 atom stereocenters. The normalized spacial score (nSPS) is 16.1. The Bertz CT molecular complexity index is 760. The van der Waals surface area contributed by atoms with Crippen molar-refractivity contribution in [2.24, 2.45) is 0 Å². The summed E-state index contributed by atoms with van der Waals surface area (Å²) in [5.74, 6) is -0.242. The predicted molar refractivity (Wildman–Crippen MR) is 93.1 cm³/mol. The molecule has 0 spiro atoms. The van der Waals surface area contributed by atoms with E-state index in [1.807, 2.05) is 48.5 Å². The van der Waals surface area contributed by atoms with Crippen LogP contribution in [0.5, 0.6) is 0 Å². The second kappa shape index (κ2) is 6.54. The van der Waals surface area contributed by atoms with Crippen LogP contribution >= 0.6 is 15.9 Å². The molecule has 5 heteroatoms. The summed E-state index contributed by atoms with van der Waals surface area (Å²) >= 11 is 3.42. The first kappa shape index (κ1) is 15.7. The van der Waals surface area contributed by atoms with Crippen molar-refractivity contribution >= 4 is 33.4 Å². The van der Waals surface area contributed by atoms with Gasteiger partial charge in [-0.2, -0.15) is 0 Å². The largest absolute Gasteiger partial charge is 0.350 e. The summed E-state index contributed by atoms with van der Waals surface area (Å²) in [7, 11) is 0. The number of amides is 2. The van der Waals surface area contributed by atoms with E-state index in [2.05, 4.69) is 21.2 Å². The second-order valence-electron chi connectivity index (χ2n) is 5.59. The summed E-state index contributed by atoms with van der Waals surface area (Å²) in [6.07, 6.45) is 0.556. The lowest BCUT2D eigenvalue weighted by molar-refractivity contribution is -0.125. The number of para-hydroxylation sites is 1. The van der Waals surface area contributed by atoms with Gasteiger partial charge in [-0.1, -0.05) is 46.3 Å². The quantitative estimate of drug-likeness (QED) is 0.899. The van der Waals surface area contributed by atoms with E-state index in [1.54, 1.807) is 4.90 Å². The highest BCUT2D eigenvalue weighted by Gasteiger charge is 2.36. The van der Waals surface area contributed by atoms with E-state index in [0.717, 1.165) is 21.3 Å². The highest BCUT2D eigenvalue weighted by atomic mass is 79.9. The maximum Gasteiger partial charge on any atom is 0.243 e. The third kappa shape index (κ3) is 3.29. The first-order chi connectivity index (χ1) is 11.1. The van der Waals surface area contributed by atoms with Gasteiger partial charge in [0.15, 0.2) is 0 Å². The third-order valence-electron chi connectivity index (χ3n) is 3.97. The van der Waals surface area contributed by atoms with Crippen LogP contribution in [-0.4, -0.2) is 17.9 Å². The van der Waals surface area contributed by atoms with Crippen LogP contribution in [0.4, 0.5) is 5.69 Å². The van der Waals surface area contributed by atoms with Crippen molar-refractivity contribution in [3.63, 3.8) is 0 Å². The van der Waals surface area contributed by atoms with E-state index in [0.29, 0.717) is 13.0 Å². The smallest absolute Gasteiger partial charge is 0.243 e. The van der Waals surface area contributed by atoms with E-state index in [-0.39, 0.29) is 11.8 Å². The number of carbonyl (C=O) groups is 2. The number of nitrogens with zero attached hydrogens (tertiary/aromatic N) is 1. The van der Waals surface area contributed by atoms with E-state index in [1.165, 1.54) is 6.92 Å². The van der Waals surface area contributed by atoms with Gasteiger partial charge in [-0.3, -0.25) is 14.5 Å². The minimum atomic E-state index is -0.475. The van der Waals surface area contributed by atoms with Crippen molar-refractivity contribution in [1.29, 1.82) is 0 Å². The second-order valence-corrected chi connectivity index (χ2v) is 6.50. The molecule has 0 saturated carbocycles. The first-order valence-corrected chi connectivity index (χ1v) is 8.25. The molecule has 1 aliphatic rings. The average molecular weight is 373 g/mol. The van der Waals surface area contributed by atoms with Gasteiger partial charge in [0.05, 0.1) is 0 Å². The van der Waals surface area contributed by atoms with Crippen molar-refractivity contribution in [3.8, 4) is 0 Å². The zero-order valence-corrected chi connectivity index (χ0v) is 14.3. The van der Waals surface area contributed by atoms with Crippen molar-refractivity contribution in [2.45, 2.75) is 25.9 Å². The van der Waals surface area contributed by atoms with Crippen LogP contribution < -0.4 is 10.2 Å². The number of anilines is 1. The molecule has 1 unspecified atom stereocenters. The molecule has 0 fully saturated rings. The van der Waals surface area contributed by atoms with Gasteiger partial charge in [0.25, 0.3) is 0 Å². The van der Waals surface area contributed by atoms with Crippen molar-refractivity contribution in [1.82, 2.24) is 5.32 Å². The molecule has 3 rings (SSSR count). The predicted octanol–water partition coefficient (Wildman–Crippen LogP) is 3.04. The minimum Gasteiger partial charge on any atom is -0.350 e. The number of halogens is 1. The van der Waals surface area contributed by atoms with E-state index < -0.39 is 6.04 Å². The molecule has 1 N–H and O–H groups in total. The fraction of sp³-hybridized carbons (Fsp3) is 0.222. The zero-order valence-electron chi connectivity index (χ0n) is 12.8. The third-order valence-corrected chi connectivity index (χ3v) is 4.47. The standard InChI is InChI=1S/C18H17BrN2O2/c1-12(22)21-16-8-3-2-6-14(16)10-17(21)18(23)20-11-13-5-4-7-15(19)9-13/h2-9,17H,10-11H2,1H3,(H,20,23). The summed E-state index contributed by atoms with van der Waals surface area (Å²) in [5, 5.41) is 2.93. The Hall–Kier alpha value is -2.14. The van der Waals surface area contributed by atoms with E-state index in [4.69, 9.17) is 0 Å². The summed E-state index contributed by atoms with van der Waals surface area (Å²) in [4.78, 5) is 26.1. The van der Waals surface area contributed by atoms with E-state index in [9.17, 15) is 9.59 Å². The Balaban J connectivity index is 1.73. The van der Waals surface area contributed by atoms with Crippen LogP contribution in [0.25, 0.3) is 0 Å². The van der Waals surface area contributed by atoms with Gasteiger partial charge in [0.2, 0.25) is 11.8 Å². The van der Waals surface area contributed by atoms with E-state index >= 15 is 0 Å². The molecule has 0 radical (unpaired) electrons. The number of hydrogen-bond donors (Lipinski definition) is 1. The van der Waals surface area contributed by atoms with Crippen molar-refractivity contribution in [2.75, 3.05) is 4.90 Å². The lowest BCUT2D eigenvalue weighted by atomic mass is 10.1. The zero-order chi connectivity index (χ0) is 16.4. The molecule has 118 valence electrons. The highest BCUT2D eigenvalue weighted by Crippen LogP contribution is 2.32. The van der Waals surface area contributed by atoms with Crippen LogP contribution in [0.1, 0.15) is 18.1 Å². The Morgan fingerprint density at radius 3 is 2.74 bits per heavy atom. The molecule has 2 aromatic rings. The molecule has 23 heavy (non-hydrogen) atoms. The SMILES string of the molecule is CC(=O)N1c2ccccc2CC1C(=O)NCc1cccc(Br)c1. The van der Waals surface area contributed by atoms with Crippen molar-refractivity contribution in [3.05, 3.63) is 64.1 Å². The fourth-order valence-electron chi connectivity index (χ4n) is 2.94. The molecular weight excluding hydrogens is 356 g/mol. The molecular formula is C18H17BrN2O2. The summed E-state index contributed by atoms with van der Waals surface area (Å²) in [5.41, 5.74) is 2.88. The highest BCUT2D eigenvalue weighted by molar-refractivity contribution is 9.10. The lowest BCUT2D eigenvalue weighted by Crippen LogP contribution is -2.47. The monoisotopic (exact) mass is 372 g/mol. The molecule has 0 bridgehead atoms. The Morgan fingerprint density at radius 2 is 2.00 bits per heavy atom. The van der Waals surface area contributed by atoms with Crippen LogP contribution in [0, 0.1) is 0 Å². The Morgan fingerprint density at radius 1 is 1.22 bits per heavy atom. The maximum atomic E-state index is 12.6. The van der Waals surface area contributed by atoms with Crippen LogP contribution in [0.15, 0.2) is 53.0 Å². The number of rotatable bonds is 3. The van der Waals surface area contributed by atoms with Crippen molar-refractivity contribution < 1.29 is 9.59 Å². The van der Waals surface area contributed by atoms with Gasteiger partial charge in [0, 0.05) is 30.0 Å². The molecule has 0 aromatic heterocycles. The molecule has 1 heterocycles. The van der Waals surface area contributed by atoms with Gasteiger partial charge >= 0.3 is 0 Å². The minimum absolute atomic E-state index is 0.113. The summed E-state index contributed by atoms with van der Waals surface area (Å²) in [6, 6.07) is 15.0. The number of carbonyl (C=O) groups excluding carboxylic acids is 2. The van der Waals surface area contributed by atoms with Gasteiger partial charge < -0.3 is 5.32 Å². The molecule has 2 amide bonds. The lowest BCUT2D eigenvalue weighted by Gasteiger charge is -2.23. The molecule has 0 aliphatic carbocycles. The fourth-order valence-corrected chi connectivity index (χ4v) is 3.39. The summed E-state index contributed by atoms with van der Waals surface area (Å²) < 4.78 is 0.975. The number of fused-ring (bicyclic) bond motifs is 1.